The Kier molecular flexibility index (Phi) is 5.62. The molecule has 1 aromatic rings. The molecule has 0 aliphatic rings. The van der Waals surface area contributed by atoms with Crippen LogP contribution in [0, 0.1) is 6.92 Å². The average molecular weight is 312 g/mol. The van der Waals surface area contributed by atoms with Crippen LogP contribution in [-0.2, 0) is 14.8 Å². The van der Waals surface area contributed by atoms with Gasteiger partial charge in [-0.05, 0) is 36.3 Å². The molecule has 7 nitrogen and oxygen atoms in total. The number of amides is 1. The number of sulfonamides is 1. The lowest BCUT2D eigenvalue weighted by Crippen LogP contribution is -2.31. The summed E-state index contributed by atoms with van der Waals surface area (Å²) in [5.74, 6) is -1.81. The quantitative estimate of drug-likeness (QED) is 0.643. The van der Waals surface area contributed by atoms with Gasteiger partial charge in [-0.3, -0.25) is 4.79 Å². The van der Waals surface area contributed by atoms with Crippen molar-refractivity contribution in [2.24, 2.45) is 5.14 Å². The average Bonchev–Trinajstić information content (AvgIpc) is 2.35. The van der Waals surface area contributed by atoms with Crippen LogP contribution in [0.3, 0.4) is 0 Å². The second-order valence-corrected chi connectivity index (χ2v) is 6.10. The Hall–Kier alpha value is -2.19. The Morgan fingerprint density at radius 3 is 2.57 bits per heavy atom. The van der Waals surface area contributed by atoms with E-state index in [1.54, 1.807) is 19.1 Å². The van der Waals surface area contributed by atoms with Crippen LogP contribution in [0.5, 0.6) is 0 Å². The van der Waals surface area contributed by atoms with Gasteiger partial charge in [-0.2, -0.15) is 0 Å². The summed E-state index contributed by atoms with van der Waals surface area (Å²) in [4.78, 5) is 22.2. The molecule has 114 valence electrons. The van der Waals surface area contributed by atoms with Gasteiger partial charge in [-0.15, -0.1) is 0 Å². The summed E-state index contributed by atoms with van der Waals surface area (Å²) in [6.07, 6.45) is 2.44. The monoisotopic (exact) mass is 312 g/mol. The van der Waals surface area contributed by atoms with E-state index in [1.165, 1.54) is 12.1 Å². The number of aliphatic carboxylic acids is 1. The van der Waals surface area contributed by atoms with Crippen molar-refractivity contribution >= 4 is 28.0 Å². The number of benzene rings is 1. The highest BCUT2D eigenvalue weighted by Gasteiger charge is 2.08. The normalized spacial score (nSPS) is 11.5. The Labute approximate surface area is 122 Å². The summed E-state index contributed by atoms with van der Waals surface area (Å²) in [7, 11) is -3.61. The molecule has 0 heterocycles. The number of carboxylic acids is 1. The number of aryl methyl sites for hydroxylation is 1. The third-order valence-corrected chi connectivity index (χ3v) is 3.38. The van der Waals surface area contributed by atoms with Crippen molar-refractivity contribution in [1.29, 1.82) is 0 Å². The van der Waals surface area contributed by atoms with Crippen LogP contribution < -0.4 is 10.5 Å². The molecule has 0 aliphatic carbocycles. The number of rotatable bonds is 6. The molecule has 1 amide bonds. The van der Waals surface area contributed by atoms with E-state index in [2.05, 4.69) is 5.32 Å². The Morgan fingerprint density at radius 2 is 2.05 bits per heavy atom. The van der Waals surface area contributed by atoms with Crippen LogP contribution in [0.2, 0.25) is 0 Å². The highest BCUT2D eigenvalue weighted by molar-refractivity contribution is 7.89. The molecule has 0 fully saturated rings. The number of nitrogens with two attached hydrogens (primary N) is 1. The molecule has 0 saturated heterocycles. The van der Waals surface area contributed by atoms with Gasteiger partial charge in [0, 0.05) is 18.2 Å². The third kappa shape index (κ3) is 6.19. The number of hydrogen-bond acceptors (Lipinski definition) is 4. The number of carbonyl (C=O) groups excluding carboxylic acids is 1. The van der Waals surface area contributed by atoms with Gasteiger partial charge in [0.15, 0.2) is 0 Å². The smallest absolute Gasteiger partial charge is 0.328 e. The van der Waals surface area contributed by atoms with Crippen molar-refractivity contribution < 1.29 is 23.1 Å². The van der Waals surface area contributed by atoms with Gasteiger partial charge >= 0.3 is 5.97 Å². The van der Waals surface area contributed by atoms with Gasteiger partial charge in [0.2, 0.25) is 10.0 Å². The van der Waals surface area contributed by atoms with Gasteiger partial charge in [-0.1, -0.05) is 6.07 Å². The number of carbonyl (C=O) groups is 2. The molecular weight excluding hydrogens is 296 g/mol. The highest BCUT2D eigenvalue weighted by Crippen LogP contribution is 2.13. The predicted molar refractivity (Wildman–Crippen MR) is 78.2 cm³/mol. The summed E-state index contributed by atoms with van der Waals surface area (Å²) >= 11 is 0. The van der Waals surface area contributed by atoms with E-state index < -0.39 is 21.9 Å². The van der Waals surface area contributed by atoms with E-state index in [-0.39, 0.29) is 12.3 Å². The van der Waals surface area contributed by atoms with Crippen LogP contribution >= 0.6 is 0 Å². The lowest BCUT2D eigenvalue weighted by molar-refractivity contribution is -0.131. The Morgan fingerprint density at radius 1 is 1.38 bits per heavy atom. The van der Waals surface area contributed by atoms with Crippen molar-refractivity contribution in [3.05, 3.63) is 41.0 Å². The van der Waals surface area contributed by atoms with E-state index in [1.807, 2.05) is 0 Å². The summed E-state index contributed by atoms with van der Waals surface area (Å²) in [6.45, 7) is 1.67. The van der Waals surface area contributed by atoms with Crippen molar-refractivity contribution in [2.45, 2.75) is 6.92 Å². The summed E-state index contributed by atoms with van der Waals surface area (Å²) in [5.41, 5.74) is 1.76. The maximum Gasteiger partial charge on any atom is 0.328 e. The predicted octanol–water partition coefficient (Wildman–Crippen LogP) is 0.111. The summed E-state index contributed by atoms with van der Waals surface area (Å²) in [6, 6.07) is 4.73. The zero-order valence-corrected chi connectivity index (χ0v) is 12.2. The Bertz CT molecular complexity index is 680. The van der Waals surface area contributed by atoms with Gasteiger partial charge in [0.1, 0.15) is 0 Å². The molecule has 0 saturated carbocycles. The zero-order chi connectivity index (χ0) is 16.0. The highest BCUT2D eigenvalue weighted by atomic mass is 32.2. The van der Waals surface area contributed by atoms with Crippen LogP contribution in [0.15, 0.2) is 24.3 Å². The first kappa shape index (κ1) is 16.9. The summed E-state index contributed by atoms with van der Waals surface area (Å²) < 4.78 is 21.5. The van der Waals surface area contributed by atoms with Gasteiger partial charge in [0.25, 0.3) is 5.91 Å². The van der Waals surface area contributed by atoms with Crippen molar-refractivity contribution in [1.82, 2.24) is 5.32 Å². The summed E-state index contributed by atoms with van der Waals surface area (Å²) in [5, 5.41) is 15.8. The molecule has 8 heteroatoms. The fourth-order valence-corrected chi connectivity index (χ4v) is 1.96. The molecule has 1 rings (SSSR count). The second kappa shape index (κ2) is 7.00. The minimum atomic E-state index is -3.61. The maximum atomic E-state index is 11.8. The number of hydrogen-bond donors (Lipinski definition) is 3. The SMILES string of the molecule is Cc1cc(C(=O)NCCS(N)(=O)=O)ccc1/C=C/C(=O)O. The zero-order valence-electron chi connectivity index (χ0n) is 11.4. The molecule has 0 unspecified atom stereocenters. The number of carboxylic acid groups (broad SMARTS) is 1. The number of primary sulfonamides is 1. The minimum absolute atomic E-state index is 0.0720. The molecule has 4 N–H and O–H groups in total. The minimum Gasteiger partial charge on any atom is -0.478 e. The van der Waals surface area contributed by atoms with Crippen molar-refractivity contribution in [3.8, 4) is 0 Å². The molecule has 0 aromatic heterocycles. The molecule has 1 aromatic carbocycles. The molecule has 0 bridgehead atoms. The van der Waals surface area contributed by atoms with Crippen molar-refractivity contribution in [3.63, 3.8) is 0 Å². The first-order valence-electron chi connectivity index (χ1n) is 5.99. The number of nitrogens with one attached hydrogen (secondary N) is 1. The van der Waals surface area contributed by atoms with E-state index >= 15 is 0 Å². The fraction of sp³-hybridized carbons (Fsp3) is 0.231. The molecule has 0 radical (unpaired) electrons. The molecule has 0 atom stereocenters. The topological polar surface area (TPSA) is 127 Å². The standard InChI is InChI=1S/C13H16N2O5S/c1-9-8-11(3-2-10(9)4-5-12(16)17)13(18)15-6-7-21(14,19)20/h2-5,8H,6-7H2,1H3,(H,15,18)(H,16,17)(H2,14,19,20)/b5-4+. The first-order chi connectivity index (χ1) is 9.69. The lowest BCUT2D eigenvalue weighted by atomic mass is 10.0. The van der Waals surface area contributed by atoms with Crippen LogP contribution in [0.1, 0.15) is 21.5 Å². The van der Waals surface area contributed by atoms with E-state index in [0.717, 1.165) is 11.6 Å². The lowest BCUT2D eigenvalue weighted by Gasteiger charge is -2.07. The van der Waals surface area contributed by atoms with E-state index in [9.17, 15) is 18.0 Å². The van der Waals surface area contributed by atoms with Crippen molar-refractivity contribution in [2.75, 3.05) is 12.3 Å². The van der Waals surface area contributed by atoms with Gasteiger partial charge in [0.05, 0.1) is 5.75 Å². The molecule has 0 spiro atoms. The largest absolute Gasteiger partial charge is 0.478 e. The first-order valence-corrected chi connectivity index (χ1v) is 7.71. The van der Waals surface area contributed by atoms with Gasteiger partial charge < -0.3 is 10.4 Å². The second-order valence-electron chi connectivity index (χ2n) is 4.37. The van der Waals surface area contributed by atoms with Crippen LogP contribution in [0.4, 0.5) is 0 Å². The van der Waals surface area contributed by atoms with E-state index in [0.29, 0.717) is 11.1 Å². The van der Waals surface area contributed by atoms with Crippen LogP contribution in [0.25, 0.3) is 6.08 Å². The third-order valence-electron chi connectivity index (χ3n) is 2.61. The maximum absolute atomic E-state index is 11.8. The molecule has 0 aliphatic heterocycles. The molecule has 21 heavy (non-hydrogen) atoms. The van der Waals surface area contributed by atoms with Crippen LogP contribution in [-0.4, -0.2) is 37.7 Å². The fourth-order valence-electron chi connectivity index (χ4n) is 1.57. The molecular formula is C13H16N2O5S. The Balaban J connectivity index is 2.74. The van der Waals surface area contributed by atoms with E-state index in [4.69, 9.17) is 10.2 Å². The van der Waals surface area contributed by atoms with Gasteiger partial charge in [-0.25, -0.2) is 18.4 Å².